The van der Waals surface area contributed by atoms with Crippen molar-refractivity contribution in [3.8, 4) is 0 Å². The highest BCUT2D eigenvalue weighted by Crippen LogP contribution is 2.21. The molecule has 0 unspecified atom stereocenters. The first-order valence-corrected chi connectivity index (χ1v) is 6.92. The first-order chi connectivity index (χ1) is 9.70. The summed E-state index contributed by atoms with van der Waals surface area (Å²) in [6.07, 6.45) is 0.749. The Balaban J connectivity index is 2.50. The normalized spacial score (nSPS) is 11.6. The Morgan fingerprint density at radius 2 is 1.90 bits per heavy atom. The van der Waals surface area contributed by atoms with Gasteiger partial charge in [-0.15, -0.1) is 0 Å². The minimum absolute atomic E-state index is 0.407. The molecule has 21 heavy (non-hydrogen) atoms. The van der Waals surface area contributed by atoms with Crippen LogP contribution in [-0.2, 0) is 16.6 Å². The van der Waals surface area contributed by atoms with Crippen molar-refractivity contribution in [1.82, 2.24) is 9.78 Å². The van der Waals surface area contributed by atoms with Crippen LogP contribution in [0, 0.1) is 21.7 Å². The van der Waals surface area contributed by atoms with Crippen LogP contribution in [0.5, 0.6) is 0 Å². The maximum Gasteiger partial charge on any atom is 0.410 e. The van der Waals surface area contributed by atoms with Crippen LogP contribution in [0.15, 0.2) is 29.3 Å². The zero-order chi connectivity index (χ0) is 15.8. The van der Waals surface area contributed by atoms with E-state index in [4.69, 9.17) is 5.14 Å². The molecule has 0 amide bonds. The lowest BCUT2D eigenvalue weighted by Gasteiger charge is -2.02. The molecule has 8 nitrogen and oxygen atoms in total. The maximum absolute atomic E-state index is 13.5. The van der Waals surface area contributed by atoms with Crippen molar-refractivity contribution in [3.05, 3.63) is 51.7 Å². The number of nitro groups is 1. The molecular weight excluding hydrogens is 310 g/mol. The topological polar surface area (TPSA) is 121 Å². The van der Waals surface area contributed by atoms with Gasteiger partial charge in [0.1, 0.15) is 11.6 Å². The summed E-state index contributed by atoms with van der Waals surface area (Å²) in [5, 5.41) is 18.9. The lowest BCUT2D eigenvalue weighted by molar-refractivity contribution is -0.392. The van der Waals surface area contributed by atoms with Crippen molar-refractivity contribution >= 4 is 15.8 Å². The number of sulfonamides is 1. The van der Waals surface area contributed by atoms with Gasteiger partial charge in [0.05, 0.1) is 17.8 Å². The summed E-state index contributed by atoms with van der Waals surface area (Å²) in [7, 11) is -4.38. The molecule has 0 fully saturated rings. The molecule has 0 atom stereocenters. The van der Waals surface area contributed by atoms with Gasteiger partial charge in [-0.1, -0.05) is 6.07 Å². The molecule has 112 valence electrons. The van der Waals surface area contributed by atoms with E-state index in [1.807, 2.05) is 0 Å². The number of rotatable bonds is 4. The van der Waals surface area contributed by atoms with Crippen LogP contribution >= 0.6 is 0 Å². The van der Waals surface area contributed by atoms with E-state index in [1.165, 1.54) is 0 Å². The molecule has 0 radical (unpaired) electrons. The number of hydrogen-bond donors (Lipinski definition) is 1. The molecule has 11 heteroatoms. The smallest absolute Gasteiger partial charge is 0.358 e. The summed E-state index contributed by atoms with van der Waals surface area (Å²) in [5.41, 5.74) is -0.407. The molecule has 1 aromatic carbocycles. The van der Waals surface area contributed by atoms with E-state index in [0.29, 0.717) is 0 Å². The zero-order valence-electron chi connectivity index (χ0n) is 10.2. The van der Waals surface area contributed by atoms with Crippen LogP contribution in [0.2, 0.25) is 0 Å². The summed E-state index contributed by atoms with van der Waals surface area (Å²) in [6.45, 7) is -0.519. The third-order valence-corrected chi connectivity index (χ3v) is 3.47. The summed E-state index contributed by atoms with van der Waals surface area (Å²) >= 11 is 0. The van der Waals surface area contributed by atoms with E-state index in [-0.39, 0.29) is 0 Å². The maximum atomic E-state index is 13.5. The van der Waals surface area contributed by atoms with E-state index in [9.17, 15) is 27.3 Å². The number of nitrogens with two attached hydrogens (primary N) is 1. The quantitative estimate of drug-likeness (QED) is 0.659. The highest BCUT2D eigenvalue weighted by molar-refractivity contribution is 7.89. The van der Waals surface area contributed by atoms with E-state index < -0.39 is 49.4 Å². The Kier molecular flexibility index (Phi) is 3.70. The van der Waals surface area contributed by atoms with Crippen molar-refractivity contribution in [1.29, 1.82) is 0 Å². The second-order valence-corrected chi connectivity index (χ2v) is 5.55. The molecule has 0 aliphatic heterocycles. The number of hydrogen-bond acceptors (Lipinski definition) is 5. The lowest BCUT2D eigenvalue weighted by Crippen LogP contribution is -2.13. The number of halogens is 2. The molecule has 2 N–H and O–H groups in total. The van der Waals surface area contributed by atoms with Crippen molar-refractivity contribution in [2.75, 3.05) is 0 Å². The fourth-order valence-electron chi connectivity index (χ4n) is 1.65. The lowest BCUT2D eigenvalue weighted by atomic mass is 10.2. The summed E-state index contributed by atoms with van der Waals surface area (Å²) in [5.74, 6) is -2.77. The van der Waals surface area contributed by atoms with Gasteiger partial charge in [0.15, 0.2) is 0 Å². The second-order valence-electron chi connectivity index (χ2n) is 4.02. The molecule has 1 aromatic heterocycles. The Bertz CT molecular complexity index is 798. The van der Waals surface area contributed by atoms with E-state index in [1.54, 1.807) is 0 Å². The van der Waals surface area contributed by atoms with Gasteiger partial charge in [0, 0.05) is 5.56 Å². The van der Waals surface area contributed by atoms with Gasteiger partial charge >= 0.3 is 5.82 Å². The predicted octanol–water partition coefficient (Wildman–Crippen LogP) is 0.765. The fraction of sp³-hybridized carbons (Fsp3) is 0.100. The van der Waals surface area contributed by atoms with Crippen molar-refractivity contribution < 1.29 is 22.1 Å². The van der Waals surface area contributed by atoms with Crippen LogP contribution in [0.1, 0.15) is 5.56 Å². The van der Waals surface area contributed by atoms with Crippen molar-refractivity contribution in [2.45, 2.75) is 11.4 Å². The molecule has 0 spiro atoms. The van der Waals surface area contributed by atoms with Gasteiger partial charge in [-0.25, -0.2) is 22.3 Å². The predicted molar refractivity (Wildman–Crippen MR) is 65.7 cm³/mol. The minimum Gasteiger partial charge on any atom is -0.358 e. The van der Waals surface area contributed by atoms with E-state index >= 15 is 0 Å². The molecule has 0 saturated heterocycles. The Morgan fingerprint density at radius 1 is 1.33 bits per heavy atom. The zero-order valence-corrected chi connectivity index (χ0v) is 11.0. The number of aromatic nitrogens is 2. The van der Waals surface area contributed by atoms with E-state index in [2.05, 4.69) is 5.10 Å². The van der Waals surface area contributed by atoms with Crippen LogP contribution < -0.4 is 5.14 Å². The monoisotopic (exact) mass is 318 g/mol. The molecule has 0 aliphatic rings. The number of benzene rings is 1. The molecular formula is C10H8F2N4O4S. The highest BCUT2D eigenvalue weighted by atomic mass is 32.2. The standard InChI is InChI=1S/C10H8F2N4O4S/c11-7-2-1-3-8(12)6(7)4-15-5-9(21(13,19)20)10(14-15)16(17)18/h1-3,5H,4H2,(H2,13,19,20). The summed E-state index contributed by atoms with van der Waals surface area (Å²) < 4.78 is 50.2. The number of nitrogens with zero attached hydrogens (tertiary/aromatic N) is 3. The van der Waals surface area contributed by atoms with Gasteiger partial charge in [-0.2, -0.15) is 4.68 Å². The Hall–Kier alpha value is -2.40. The minimum atomic E-state index is -4.38. The fourth-order valence-corrected chi connectivity index (χ4v) is 2.28. The van der Waals surface area contributed by atoms with Crippen LogP contribution in [-0.4, -0.2) is 23.1 Å². The van der Waals surface area contributed by atoms with Crippen LogP contribution in [0.3, 0.4) is 0 Å². The SMILES string of the molecule is NS(=O)(=O)c1cn(Cc2c(F)cccc2F)nc1[N+](=O)[O-]. The van der Waals surface area contributed by atoms with Crippen molar-refractivity contribution in [3.63, 3.8) is 0 Å². The van der Waals surface area contributed by atoms with E-state index in [0.717, 1.165) is 29.1 Å². The summed E-state index contributed by atoms with van der Waals surface area (Å²) in [4.78, 5) is 8.85. The number of primary sulfonamides is 1. The average molecular weight is 318 g/mol. The van der Waals surface area contributed by atoms with Gasteiger partial charge < -0.3 is 10.1 Å². The molecule has 0 saturated carbocycles. The molecule has 0 aliphatic carbocycles. The molecule has 2 aromatic rings. The third kappa shape index (κ3) is 3.03. The Labute approximate surface area is 117 Å². The third-order valence-electron chi connectivity index (χ3n) is 2.57. The van der Waals surface area contributed by atoms with Gasteiger partial charge in [0.25, 0.3) is 0 Å². The first-order valence-electron chi connectivity index (χ1n) is 5.37. The largest absolute Gasteiger partial charge is 0.410 e. The van der Waals surface area contributed by atoms with Crippen LogP contribution in [0.25, 0.3) is 0 Å². The Morgan fingerprint density at radius 3 is 2.33 bits per heavy atom. The average Bonchev–Trinajstić information content (AvgIpc) is 2.78. The molecule has 1 heterocycles. The molecule has 0 bridgehead atoms. The van der Waals surface area contributed by atoms with Crippen molar-refractivity contribution in [2.24, 2.45) is 5.14 Å². The summed E-state index contributed by atoms with van der Waals surface area (Å²) in [6, 6.07) is 3.14. The van der Waals surface area contributed by atoms with Gasteiger partial charge in [-0.3, -0.25) is 0 Å². The highest BCUT2D eigenvalue weighted by Gasteiger charge is 2.29. The molecule has 2 rings (SSSR count). The van der Waals surface area contributed by atoms with Gasteiger partial charge in [0.2, 0.25) is 14.9 Å². The van der Waals surface area contributed by atoms with Gasteiger partial charge in [-0.05, 0) is 17.1 Å². The first kappa shape index (κ1) is 15.0. The second kappa shape index (κ2) is 5.18. The van der Waals surface area contributed by atoms with Crippen LogP contribution in [0.4, 0.5) is 14.6 Å².